The average Bonchev–Trinajstić information content (AvgIpc) is 2.96. The second-order valence-electron chi connectivity index (χ2n) is 4.56. The average molecular weight is 304 g/mol. The molecule has 0 aliphatic carbocycles. The van der Waals surface area contributed by atoms with E-state index >= 15 is 0 Å². The zero-order valence-corrected chi connectivity index (χ0v) is 12.3. The van der Waals surface area contributed by atoms with Gasteiger partial charge < -0.3 is 19.0 Å². The maximum Gasteiger partial charge on any atom is 0.341 e. The van der Waals surface area contributed by atoms with Crippen molar-refractivity contribution in [2.45, 2.75) is 20.5 Å². The van der Waals surface area contributed by atoms with Gasteiger partial charge in [0.25, 0.3) is 0 Å². The van der Waals surface area contributed by atoms with Gasteiger partial charge in [-0.05, 0) is 37.6 Å². The van der Waals surface area contributed by atoms with E-state index in [1.165, 1.54) is 18.4 Å². The zero-order valence-electron chi connectivity index (χ0n) is 12.3. The Morgan fingerprint density at radius 1 is 1.18 bits per heavy atom. The molecule has 116 valence electrons. The molecule has 6 heteroatoms. The number of hydrogen-bond acceptors (Lipinski definition) is 6. The summed E-state index contributed by atoms with van der Waals surface area (Å²) in [4.78, 5) is 23.6. The number of hydrogen-bond donors (Lipinski definition) is 1. The first-order valence-electron chi connectivity index (χ1n) is 6.73. The number of phenolic OH excluding ortho intramolecular Hbond substituents is 1. The van der Waals surface area contributed by atoms with E-state index in [1.54, 1.807) is 26.0 Å². The molecule has 0 aliphatic heterocycles. The summed E-state index contributed by atoms with van der Waals surface area (Å²) in [5, 5.41) is 9.59. The highest BCUT2D eigenvalue weighted by molar-refractivity contribution is 5.91. The van der Waals surface area contributed by atoms with Crippen LogP contribution in [0.1, 0.15) is 39.0 Å². The van der Waals surface area contributed by atoms with E-state index in [-0.39, 0.29) is 35.9 Å². The first kappa shape index (κ1) is 15.6. The summed E-state index contributed by atoms with van der Waals surface area (Å²) in [6, 6.07) is 5.94. The normalized spacial score (nSPS) is 10.3. The second-order valence-corrected chi connectivity index (χ2v) is 4.56. The molecule has 0 aliphatic rings. The van der Waals surface area contributed by atoms with Crippen LogP contribution < -0.4 is 0 Å². The predicted octanol–water partition coefficient (Wildman–Crippen LogP) is 2.83. The summed E-state index contributed by atoms with van der Waals surface area (Å²) in [7, 11) is 0. The summed E-state index contributed by atoms with van der Waals surface area (Å²) in [6.07, 6.45) is 1.33. The minimum Gasteiger partial charge on any atom is -0.508 e. The summed E-state index contributed by atoms with van der Waals surface area (Å²) < 4.78 is 15.1. The molecule has 0 fully saturated rings. The summed E-state index contributed by atoms with van der Waals surface area (Å²) in [5.74, 6) is -0.931. The SMILES string of the molecule is CCOC(=O)c1ccoc1COC(=O)c1ccc(C)c(O)c1. The Balaban J connectivity index is 2.04. The van der Waals surface area contributed by atoms with Crippen LogP contribution in [0, 0.1) is 6.92 Å². The van der Waals surface area contributed by atoms with Gasteiger partial charge >= 0.3 is 11.9 Å². The number of benzene rings is 1. The first-order chi connectivity index (χ1) is 10.5. The Hall–Kier alpha value is -2.76. The van der Waals surface area contributed by atoms with Crippen LogP contribution in [-0.4, -0.2) is 23.7 Å². The van der Waals surface area contributed by atoms with Crippen LogP contribution in [0.5, 0.6) is 5.75 Å². The first-order valence-corrected chi connectivity index (χ1v) is 6.73. The van der Waals surface area contributed by atoms with Gasteiger partial charge in [-0.25, -0.2) is 9.59 Å². The molecule has 1 heterocycles. The number of ether oxygens (including phenoxy) is 2. The van der Waals surface area contributed by atoms with Crippen LogP contribution in [-0.2, 0) is 16.1 Å². The molecule has 0 spiro atoms. The van der Waals surface area contributed by atoms with Gasteiger partial charge in [0, 0.05) is 0 Å². The van der Waals surface area contributed by atoms with Crippen LogP contribution in [0.15, 0.2) is 34.9 Å². The fourth-order valence-corrected chi connectivity index (χ4v) is 1.79. The number of phenols is 1. The Morgan fingerprint density at radius 3 is 2.64 bits per heavy atom. The maximum absolute atomic E-state index is 11.9. The van der Waals surface area contributed by atoms with Gasteiger partial charge in [0.2, 0.25) is 0 Å². The highest BCUT2D eigenvalue weighted by Crippen LogP contribution is 2.19. The number of aromatic hydroxyl groups is 1. The lowest BCUT2D eigenvalue weighted by Gasteiger charge is -2.06. The van der Waals surface area contributed by atoms with E-state index in [0.29, 0.717) is 5.56 Å². The molecule has 22 heavy (non-hydrogen) atoms. The van der Waals surface area contributed by atoms with E-state index in [2.05, 4.69) is 0 Å². The van der Waals surface area contributed by atoms with Crippen molar-refractivity contribution in [2.24, 2.45) is 0 Å². The third-order valence-electron chi connectivity index (χ3n) is 3.02. The number of carbonyl (C=O) groups excluding carboxylic acids is 2. The van der Waals surface area contributed by atoms with Gasteiger partial charge in [-0.3, -0.25) is 0 Å². The quantitative estimate of drug-likeness (QED) is 0.855. The largest absolute Gasteiger partial charge is 0.508 e. The third-order valence-corrected chi connectivity index (χ3v) is 3.02. The van der Waals surface area contributed by atoms with Crippen LogP contribution >= 0.6 is 0 Å². The molecule has 0 radical (unpaired) electrons. The molecule has 6 nitrogen and oxygen atoms in total. The zero-order chi connectivity index (χ0) is 16.1. The van der Waals surface area contributed by atoms with Crippen LogP contribution in [0.4, 0.5) is 0 Å². The van der Waals surface area contributed by atoms with Crippen molar-refractivity contribution in [3.8, 4) is 5.75 Å². The van der Waals surface area contributed by atoms with Crippen molar-refractivity contribution >= 4 is 11.9 Å². The lowest BCUT2D eigenvalue weighted by molar-refractivity contribution is 0.0422. The van der Waals surface area contributed by atoms with Gasteiger partial charge in [-0.1, -0.05) is 6.07 Å². The molecule has 1 aromatic carbocycles. The molecule has 0 unspecified atom stereocenters. The number of rotatable bonds is 5. The molecule has 0 amide bonds. The Labute approximate surface area is 127 Å². The molecule has 0 saturated heterocycles. The number of esters is 2. The van der Waals surface area contributed by atoms with Gasteiger partial charge in [0.15, 0.2) is 12.4 Å². The summed E-state index contributed by atoms with van der Waals surface area (Å²) in [6.45, 7) is 3.46. The van der Waals surface area contributed by atoms with Gasteiger partial charge in [0.05, 0.1) is 18.4 Å². The number of aryl methyl sites for hydroxylation is 1. The van der Waals surface area contributed by atoms with E-state index in [1.807, 2.05) is 0 Å². The van der Waals surface area contributed by atoms with Gasteiger partial charge in [-0.2, -0.15) is 0 Å². The smallest absolute Gasteiger partial charge is 0.341 e. The molecular weight excluding hydrogens is 288 g/mol. The van der Waals surface area contributed by atoms with Crippen LogP contribution in [0.25, 0.3) is 0 Å². The van der Waals surface area contributed by atoms with Crippen LogP contribution in [0.3, 0.4) is 0 Å². The second kappa shape index (κ2) is 6.80. The molecule has 2 aromatic rings. The van der Waals surface area contributed by atoms with Crippen molar-refractivity contribution in [3.63, 3.8) is 0 Å². The maximum atomic E-state index is 11.9. The fraction of sp³-hybridized carbons (Fsp3) is 0.250. The molecule has 0 atom stereocenters. The standard InChI is InChI=1S/C16H16O6/c1-3-20-16(19)12-6-7-21-14(12)9-22-15(18)11-5-4-10(2)13(17)8-11/h4-8,17H,3,9H2,1-2H3. The van der Waals surface area contributed by atoms with E-state index in [9.17, 15) is 14.7 Å². The van der Waals surface area contributed by atoms with Crippen molar-refractivity contribution < 1.29 is 28.6 Å². The molecular formula is C16H16O6. The number of furan rings is 1. The minimum atomic E-state index is -0.624. The Kier molecular flexibility index (Phi) is 4.83. The molecule has 1 N–H and O–H groups in total. The number of carbonyl (C=O) groups is 2. The molecule has 0 saturated carbocycles. The predicted molar refractivity (Wildman–Crippen MR) is 76.6 cm³/mol. The molecule has 0 bridgehead atoms. The lowest BCUT2D eigenvalue weighted by Crippen LogP contribution is -2.09. The minimum absolute atomic E-state index is 0.0136. The van der Waals surface area contributed by atoms with E-state index in [0.717, 1.165) is 0 Å². The third kappa shape index (κ3) is 3.46. The Morgan fingerprint density at radius 2 is 1.95 bits per heavy atom. The highest BCUT2D eigenvalue weighted by atomic mass is 16.5. The monoisotopic (exact) mass is 304 g/mol. The van der Waals surface area contributed by atoms with Crippen LogP contribution in [0.2, 0.25) is 0 Å². The van der Waals surface area contributed by atoms with Gasteiger partial charge in [-0.15, -0.1) is 0 Å². The topological polar surface area (TPSA) is 86.0 Å². The lowest BCUT2D eigenvalue weighted by atomic mass is 10.1. The van der Waals surface area contributed by atoms with Crippen molar-refractivity contribution in [1.29, 1.82) is 0 Å². The van der Waals surface area contributed by atoms with E-state index < -0.39 is 11.9 Å². The van der Waals surface area contributed by atoms with E-state index in [4.69, 9.17) is 13.9 Å². The molecule has 2 rings (SSSR count). The highest BCUT2D eigenvalue weighted by Gasteiger charge is 2.18. The Bertz CT molecular complexity index is 686. The van der Waals surface area contributed by atoms with Crippen molar-refractivity contribution in [1.82, 2.24) is 0 Å². The van der Waals surface area contributed by atoms with Crippen molar-refractivity contribution in [2.75, 3.05) is 6.61 Å². The van der Waals surface area contributed by atoms with Crippen molar-refractivity contribution in [3.05, 3.63) is 53.0 Å². The molecule has 1 aromatic heterocycles. The van der Waals surface area contributed by atoms with Gasteiger partial charge in [0.1, 0.15) is 11.3 Å². The summed E-state index contributed by atoms with van der Waals surface area (Å²) in [5.41, 5.74) is 1.10. The fourth-order valence-electron chi connectivity index (χ4n) is 1.79. The summed E-state index contributed by atoms with van der Waals surface area (Å²) >= 11 is 0.